The second-order valence-corrected chi connectivity index (χ2v) is 6.26. The van der Waals surface area contributed by atoms with Crippen molar-refractivity contribution in [3.05, 3.63) is 45.9 Å². The van der Waals surface area contributed by atoms with Crippen molar-refractivity contribution in [1.82, 2.24) is 15.5 Å². The highest BCUT2D eigenvalue weighted by atomic mass is 79.9. The minimum atomic E-state index is 0.555. The molecule has 0 radical (unpaired) electrons. The Morgan fingerprint density at radius 2 is 2.05 bits per heavy atom. The van der Waals surface area contributed by atoms with Gasteiger partial charge in [0.2, 0.25) is 0 Å². The SMILES string of the molecule is CCNCc1nnc(Oc2ccc3ccccc3c2Br)s1. The maximum Gasteiger partial charge on any atom is 0.299 e. The molecule has 0 aliphatic rings. The van der Waals surface area contributed by atoms with Gasteiger partial charge in [-0.1, -0.05) is 53.7 Å². The van der Waals surface area contributed by atoms with Crippen LogP contribution in [0.5, 0.6) is 10.9 Å². The van der Waals surface area contributed by atoms with Gasteiger partial charge in [0.15, 0.2) is 0 Å². The van der Waals surface area contributed by atoms with Crippen LogP contribution in [0.2, 0.25) is 0 Å². The fraction of sp³-hybridized carbons (Fsp3) is 0.200. The average Bonchev–Trinajstić information content (AvgIpc) is 2.96. The molecular formula is C15H14BrN3OS. The molecule has 0 unspecified atom stereocenters. The average molecular weight is 364 g/mol. The Balaban J connectivity index is 1.84. The maximum atomic E-state index is 5.85. The number of hydrogen-bond donors (Lipinski definition) is 1. The molecule has 1 N–H and O–H groups in total. The zero-order chi connectivity index (χ0) is 14.7. The van der Waals surface area contributed by atoms with Gasteiger partial charge in [-0.05, 0) is 39.3 Å². The molecule has 0 amide bonds. The van der Waals surface area contributed by atoms with Gasteiger partial charge < -0.3 is 10.1 Å². The number of rotatable bonds is 5. The van der Waals surface area contributed by atoms with E-state index in [9.17, 15) is 0 Å². The molecule has 4 nitrogen and oxygen atoms in total. The minimum absolute atomic E-state index is 0.555. The van der Waals surface area contributed by atoms with Gasteiger partial charge in [-0.2, -0.15) is 0 Å². The molecule has 0 bridgehead atoms. The molecular weight excluding hydrogens is 350 g/mol. The van der Waals surface area contributed by atoms with Gasteiger partial charge in [0.1, 0.15) is 10.8 Å². The molecule has 6 heteroatoms. The van der Waals surface area contributed by atoms with E-state index in [2.05, 4.69) is 50.5 Å². The summed E-state index contributed by atoms with van der Waals surface area (Å²) < 4.78 is 6.78. The van der Waals surface area contributed by atoms with Crippen molar-refractivity contribution in [3.63, 3.8) is 0 Å². The lowest BCUT2D eigenvalue weighted by molar-refractivity contribution is 0.471. The van der Waals surface area contributed by atoms with Crippen LogP contribution in [0.15, 0.2) is 40.9 Å². The van der Waals surface area contributed by atoms with Crippen LogP contribution in [0.25, 0.3) is 10.8 Å². The molecule has 2 aromatic carbocycles. The van der Waals surface area contributed by atoms with Gasteiger partial charge in [0.05, 0.1) is 4.47 Å². The minimum Gasteiger partial charge on any atom is -0.429 e. The van der Waals surface area contributed by atoms with Crippen molar-refractivity contribution in [3.8, 4) is 10.9 Å². The van der Waals surface area contributed by atoms with E-state index in [1.165, 1.54) is 16.7 Å². The smallest absolute Gasteiger partial charge is 0.299 e. The number of hydrogen-bond acceptors (Lipinski definition) is 5. The Bertz CT molecular complexity index is 760. The summed E-state index contributed by atoms with van der Waals surface area (Å²) in [7, 11) is 0. The quantitative estimate of drug-likeness (QED) is 0.731. The summed E-state index contributed by atoms with van der Waals surface area (Å²) in [5.41, 5.74) is 0. The van der Waals surface area contributed by atoms with Crippen molar-refractivity contribution in [2.75, 3.05) is 6.54 Å². The topological polar surface area (TPSA) is 47.0 Å². The largest absolute Gasteiger partial charge is 0.429 e. The molecule has 3 aromatic rings. The van der Waals surface area contributed by atoms with Gasteiger partial charge in [-0.25, -0.2) is 0 Å². The number of nitrogens with one attached hydrogen (secondary N) is 1. The van der Waals surface area contributed by atoms with Crippen LogP contribution in [0, 0.1) is 0 Å². The first-order valence-corrected chi connectivity index (χ1v) is 8.27. The standard InChI is InChI=1S/C15H14BrN3OS/c1-2-17-9-13-18-19-15(21-13)20-12-8-7-10-5-3-4-6-11(10)14(12)16/h3-8,17H,2,9H2,1H3. The zero-order valence-electron chi connectivity index (χ0n) is 11.5. The summed E-state index contributed by atoms with van der Waals surface area (Å²) in [6.07, 6.45) is 0. The predicted octanol–water partition coefficient (Wildman–Crippen LogP) is 4.36. The van der Waals surface area contributed by atoms with Crippen molar-refractivity contribution >= 4 is 38.0 Å². The highest BCUT2D eigenvalue weighted by Crippen LogP contribution is 2.36. The molecule has 1 aromatic heterocycles. The molecule has 108 valence electrons. The maximum absolute atomic E-state index is 5.85. The van der Waals surface area contributed by atoms with Gasteiger partial charge in [-0.15, -0.1) is 5.10 Å². The monoisotopic (exact) mass is 363 g/mol. The van der Waals surface area contributed by atoms with Crippen molar-refractivity contribution in [2.45, 2.75) is 13.5 Å². The second-order valence-electron chi connectivity index (χ2n) is 4.44. The Kier molecular flexibility index (Phi) is 4.48. The molecule has 3 rings (SSSR count). The van der Waals surface area contributed by atoms with Gasteiger partial charge >= 0.3 is 0 Å². The fourth-order valence-electron chi connectivity index (χ4n) is 1.97. The number of aromatic nitrogens is 2. The van der Waals surface area contributed by atoms with Crippen LogP contribution < -0.4 is 10.1 Å². The molecule has 0 aliphatic heterocycles. The van der Waals surface area contributed by atoms with Gasteiger partial charge in [0, 0.05) is 6.54 Å². The second kappa shape index (κ2) is 6.51. The third-order valence-corrected chi connectivity index (χ3v) is 4.62. The fourth-order valence-corrected chi connectivity index (χ4v) is 3.21. The summed E-state index contributed by atoms with van der Waals surface area (Å²) in [4.78, 5) is 0. The molecule has 0 spiro atoms. The van der Waals surface area contributed by atoms with E-state index >= 15 is 0 Å². The normalized spacial score (nSPS) is 11.0. The summed E-state index contributed by atoms with van der Waals surface area (Å²) in [5, 5.41) is 15.2. The molecule has 0 aliphatic carbocycles. The Morgan fingerprint density at radius 3 is 2.90 bits per heavy atom. The Morgan fingerprint density at radius 1 is 1.19 bits per heavy atom. The number of fused-ring (bicyclic) bond motifs is 1. The van der Waals surface area contributed by atoms with Gasteiger partial charge in [0.25, 0.3) is 5.19 Å². The molecule has 0 saturated carbocycles. The van der Waals surface area contributed by atoms with Crippen LogP contribution in [-0.4, -0.2) is 16.7 Å². The van der Waals surface area contributed by atoms with E-state index in [4.69, 9.17) is 4.74 Å². The lowest BCUT2D eigenvalue weighted by atomic mass is 10.1. The summed E-state index contributed by atoms with van der Waals surface area (Å²) in [5.74, 6) is 0.750. The first-order valence-electron chi connectivity index (χ1n) is 6.66. The van der Waals surface area contributed by atoms with E-state index in [1.807, 2.05) is 24.3 Å². The summed E-state index contributed by atoms with van der Waals surface area (Å²) in [6.45, 7) is 3.69. The zero-order valence-corrected chi connectivity index (χ0v) is 13.9. The third kappa shape index (κ3) is 3.23. The molecule has 0 fully saturated rings. The van der Waals surface area contributed by atoms with Crippen molar-refractivity contribution < 1.29 is 4.74 Å². The molecule has 0 atom stereocenters. The summed E-state index contributed by atoms with van der Waals surface area (Å²) >= 11 is 5.06. The van der Waals surface area contributed by atoms with Gasteiger partial charge in [-0.3, -0.25) is 0 Å². The van der Waals surface area contributed by atoms with Crippen molar-refractivity contribution in [1.29, 1.82) is 0 Å². The predicted molar refractivity (Wildman–Crippen MR) is 89.0 cm³/mol. The highest BCUT2D eigenvalue weighted by Gasteiger charge is 2.10. The van der Waals surface area contributed by atoms with E-state index in [0.29, 0.717) is 5.19 Å². The molecule has 1 heterocycles. The molecule has 0 saturated heterocycles. The van der Waals surface area contributed by atoms with Crippen LogP contribution in [0.3, 0.4) is 0 Å². The molecule has 21 heavy (non-hydrogen) atoms. The lowest BCUT2D eigenvalue weighted by Crippen LogP contribution is -2.11. The number of benzene rings is 2. The van der Waals surface area contributed by atoms with E-state index in [-0.39, 0.29) is 0 Å². The first kappa shape index (κ1) is 14.4. The highest BCUT2D eigenvalue weighted by molar-refractivity contribution is 9.10. The Hall–Kier alpha value is -1.50. The first-order chi connectivity index (χ1) is 10.3. The van der Waals surface area contributed by atoms with E-state index < -0.39 is 0 Å². The van der Waals surface area contributed by atoms with E-state index in [0.717, 1.165) is 33.7 Å². The van der Waals surface area contributed by atoms with Crippen LogP contribution in [-0.2, 0) is 6.54 Å². The lowest BCUT2D eigenvalue weighted by Gasteiger charge is -2.07. The van der Waals surface area contributed by atoms with Crippen molar-refractivity contribution in [2.24, 2.45) is 0 Å². The number of halogens is 1. The van der Waals surface area contributed by atoms with E-state index in [1.54, 1.807) is 0 Å². The van der Waals surface area contributed by atoms with Crippen LogP contribution >= 0.6 is 27.3 Å². The number of ether oxygens (including phenoxy) is 1. The number of nitrogens with zero attached hydrogens (tertiary/aromatic N) is 2. The summed E-state index contributed by atoms with van der Waals surface area (Å²) in [6, 6.07) is 12.1. The van der Waals surface area contributed by atoms with Crippen LogP contribution in [0.4, 0.5) is 0 Å². The Labute approximate surface area is 135 Å². The van der Waals surface area contributed by atoms with Crippen LogP contribution in [0.1, 0.15) is 11.9 Å². The third-order valence-electron chi connectivity index (χ3n) is 3.00.